The molecule has 0 N–H and O–H groups in total. The van der Waals surface area contributed by atoms with Crippen LogP contribution in [0.5, 0.6) is 0 Å². The van der Waals surface area contributed by atoms with Crippen molar-refractivity contribution in [3.05, 3.63) is 146 Å². The Labute approximate surface area is 284 Å². The van der Waals surface area contributed by atoms with Gasteiger partial charge in [0.15, 0.2) is 0 Å². The lowest BCUT2D eigenvalue weighted by Gasteiger charge is -2.14. The summed E-state index contributed by atoms with van der Waals surface area (Å²) in [6.45, 7) is 0. The SMILES string of the molecule is c1cc(-c2nc(-n3c4ccccc4c4cccnc43)nc3c2ccc2ccc(-n4c5ccccc5c5cccnc54)nc23)c2cnccc2c1. The molecule has 50 heavy (non-hydrogen) atoms. The van der Waals surface area contributed by atoms with Gasteiger partial charge in [-0.2, -0.15) is 0 Å². The Morgan fingerprint density at radius 3 is 1.92 bits per heavy atom. The molecule has 0 aliphatic heterocycles. The van der Waals surface area contributed by atoms with Crippen LogP contribution in [0.25, 0.3) is 99.5 Å². The molecule has 8 nitrogen and oxygen atoms in total. The third-order valence-corrected chi connectivity index (χ3v) is 9.73. The molecule has 232 valence electrons. The zero-order chi connectivity index (χ0) is 32.8. The summed E-state index contributed by atoms with van der Waals surface area (Å²) in [4.78, 5) is 30.3. The summed E-state index contributed by atoms with van der Waals surface area (Å²) in [7, 11) is 0. The molecule has 0 fully saturated rings. The summed E-state index contributed by atoms with van der Waals surface area (Å²) >= 11 is 0. The molecular formula is C42H24N8. The smallest absolute Gasteiger partial charge is 0.237 e. The van der Waals surface area contributed by atoms with Gasteiger partial charge in [0, 0.05) is 68.1 Å². The molecule has 11 rings (SSSR count). The van der Waals surface area contributed by atoms with E-state index in [0.29, 0.717) is 5.95 Å². The van der Waals surface area contributed by atoms with Crippen molar-refractivity contribution in [2.75, 3.05) is 0 Å². The second kappa shape index (κ2) is 10.2. The molecule has 11 aromatic rings. The van der Waals surface area contributed by atoms with Crippen molar-refractivity contribution in [2.24, 2.45) is 0 Å². The van der Waals surface area contributed by atoms with Crippen LogP contribution in [0.4, 0.5) is 0 Å². The fourth-order valence-corrected chi connectivity index (χ4v) is 7.53. The summed E-state index contributed by atoms with van der Waals surface area (Å²) < 4.78 is 4.20. The maximum atomic E-state index is 5.39. The van der Waals surface area contributed by atoms with Crippen molar-refractivity contribution < 1.29 is 0 Å². The molecule has 0 unspecified atom stereocenters. The first kappa shape index (κ1) is 26.9. The topological polar surface area (TPSA) is 87.2 Å². The maximum Gasteiger partial charge on any atom is 0.237 e. The Morgan fingerprint density at radius 2 is 1.12 bits per heavy atom. The average Bonchev–Trinajstić information content (AvgIpc) is 3.70. The van der Waals surface area contributed by atoms with Crippen LogP contribution >= 0.6 is 0 Å². The maximum absolute atomic E-state index is 5.39. The molecule has 0 atom stereocenters. The number of rotatable bonds is 3. The van der Waals surface area contributed by atoms with Gasteiger partial charge >= 0.3 is 0 Å². The summed E-state index contributed by atoms with van der Waals surface area (Å²) in [6.07, 6.45) is 7.38. The molecule has 0 saturated heterocycles. The lowest BCUT2D eigenvalue weighted by molar-refractivity contribution is 0.998. The van der Waals surface area contributed by atoms with E-state index in [4.69, 9.17) is 24.9 Å². The van der Waals surface area contributed by atoms with Crippen molar-refractivity contribution >= 4 is 76.5 Å². The van der Waals surface area contributed by atoms with Crippen molar-refractivity contribution in [3.63, 3.8) is 0 Å². The second-order valence-electron chi connectivity index (χ2n) is 12.4. The Hall–Kier alpha value is -7.06. The Balaban J connectivity index is 1.28. The number of pyridine rings is 4. The van der Waals surface area contributed by atoms with Gasteiger partial charge in [0.05, 0.1) is 22.2 Å². The van der Waals surface area contributed by atoms with E-state index in [2.05, 4.69) is 111 Å². The zero-order valence-electron chi connectivity index (χ0n) is 26.4. The second-order valence-corrected chi connectivity index (χ2v) is 12.4. The van der Waals surface area contributed by atoms with Gasteiger partial charge in [0.1, 0.15) is 22.6 Å². The number of hydrogen-bond acceptors (Lipinski definition) is 6. The molecule has 8 heteroatoms. The van der Waals surface area contributed by atoms with E-state index in [0.717, 1.165) is 93.5 Å². The van der Waals surface area contributed by atoms with Crippen LogP contribution < -0.4 is 0 Å². The van der Waals surface area contributed by atoms with E-state index in [-0.39, 0.29) is 0 Å². The van der Waals surface area contributed by atoms with Gasteiger partial charge in [-0.05, 0) is 66.0 Å². The Bertz CT molecular complexity index is 3060. The van der Waals surface area contributed by atoms with Crippen molar-refractivity contribution in [2.45, 2.75) is 0 Å². The minimum absolute atomic E-state index is 0.525. The monoisotopic (exact) mass is 640 g/mol. The minimum Gasteiger partial charge on any atom is -0.278 e. The molecular weight excluding hydrogens is 617 g/mol. The van der Waals surface area contributed by atoms with E-state index in [1.165, 1.54) is 0 Å². The summed E-state index contributed by atoms with van der Waals surface area (Å²) in [5, 5.41) is 8.32. The predicted octanol–water partition coefficient (Wildman–Crippen LogP) is 9.38. The molecule has 0 spiro atoms. The van der Waals surface area contributed by atoms with Crippen LogP contribution in [0, 0.1) is 0 Å². The largest absolute Gasteiger partial charge is 0.278 e. The van der Waals surface area contributed by atoms with Crippen LogP contribution in [0.15, 0.2) is 146 Å². The van der Waals surface area contributed by atoms with Gasteiger partial charge in [0.25, 0.3) is 0 Å². The van der Waals surface area contributed by atoms with Gasteiger partial charge in [0.2, 0.25) is 5.95 Å². The molecule has 0 amide bonds. The molecule has 0 aliphatic carbocycles. The number of para-hydroxylation sites is 2. The number of fused-ring (bicyclic) bond motifs is 10. The molecule has 0 bridgehead atoms. The third kappa shape index (κ3) is 3.75. The Kier molecular flexibility index (Phi) is 5.51. The fraction of sp³-hybridized carbons (Fsp3) is 0. The molecule has 0 aliphatic rings. The lowest BCUT2D eigenvalue weighted by Crippen LogP contribution is -2.05. The number of nitrogens with zero attached hydrogens (tertiary/aromatic N) is 8. The van der Waals surface area contributed by atoms with Gasteiger partial charge < -0.3 is 0 Å². The highest BCUT2D eigenvalue weighted by molar-refractivity contribution is 6.12. The lowest BCUT2D eigenvalue weighted by atomic mass is 10.00. The Morgan fingerprint density at radius 1 is 0.420 bits per heavy atom. The third-order valence-electron chi connectivity index (χ3n) is 9.73. The van der Waals surface area contributed by atoms with Gasteiger partial charge in [-0.1, -0.05) is 60.7 Å². The molecule has 0 saturated carbocycles. The predicted molar refractivity (Wildman–Crippen MR) is 200 cm³/mol. The highest BCUT2D eigenvalue weighted by atomic mass is 15.2. The van der Waals surface area contributed by atoms with E-state index in [1.54, 1.807) is 0 Å². The van der Waals surface area contributed by atoms with Crippen LogP contribution in [-0.4, -0.2) is 39.0 Å². The van der Waals surface area contributed by atoms with Crippen molar-refractivity contribution in [3.8, 4) is 23.0 Å². The van der Waals surface area contributed by atoms with E-state index >= 15 is 0 Å². The van der Waals surface area contributed by atoms with E-state index in [1.807, 2.05) is 49.1 Å². The fourth-order valence-electron chi connectivity index (χ4n) is 7.53. The number of benzene rings is 4. The normalized spacial score (nSPS) is 12.0. The average molecular weight is 641 g/mol. The van der Waals surface area contributed by atoms with E-state index < -0.39 is 0 Å². The quantitative estimate of drug-likeness (QED) is 0.179. The highest BCUT2D eigenvalue weighted by Crippen LogP contribution is 2.38. The molecule has 7 heterocycles. The van der Waals surface area contributed by atoms with Crippen molar-refractivity contribution in [1.29, 1.82) is 0 Å². The highest BCUT2D eigenvalue weighted by Gasteiger charge is 2.21. The van der Waals surface area contributed by atoms with Gasteiger partial charge in [-0.25, -0.2) is 24.9 Å². The van der Waals surface area contributed by atoms with Crippen LogP contribution in [0.1, 0.15) is 0 Å². The summed E-state index contributed by atoms with van der Waals surface area (Å²) in [5.41, 5.74) is 6.98. The number of hydrogen-bond donors (Lipinski definition) is 0. The van der Waals surface area contributed by atoms with Crippen LogP contribution in [0.2, 0.25) is 0 Å². The van der Waals surface area contributed by atoms with Crippen LogP contribution in [0.3, 0.4) is 0 Å². The summed E-state index contributed by atoms with van der Waals surface area (Å²) in [5.74, 6) is 1.29. The van der Waals surface area contributed by atoms with Gasteiger partial charge in [-0.15, -0.1) is 0 Å². The zero-order valence-corrected chi connectivity index (χ0v) is 26.4. The first-order valence-corrected chi connectivity index (χ1v) is 16.5. The first-order chi connectivity index (χ1) is 24.8. The first-order valence-electron chi connectivity index (χ1n) is 16.5. The van der Waals surface area contributed by atoms with Gasteiger partial charge in [-0.3, -0.25) is 14.1 Å². The standard InChI is InChI=1S/C42H24N8/c1-3-14-34-27(9-1)30-12-6-21-44-40(30)49(34)36-19-17-26-16-18-32-38(29-11-5-8-25-20-23-43-24-33(25)29)47-42(48-39(32)37(26)46-36)50-35-15-4-2-10-28(35)31-13-7-22-45-41(31)50/h1-24H. The van der Waals surface area contributed by atoms with Crippen molar-refractivity contribution in [1.82, 2.24) is 39.0 Å². The van der Waals surface area contributed by atoms with E-state index in [9.17, 15) is 0 Å². The molecule has 0 radical (unpaired) electrons. The molecule has 7 aromatic heterocycles. The van der Waals surface area contributed by atoms with Crippen LogP contribution in [-0.2, 0) is 0 Å². The minimum atomic E-state index is 0.525. The molecule has 4 aromatic carbocycles. The summed E-state index contributed by atoms with van der Waals surface area (Å²) in [6, 6.07) is 41.6. The number of aromatic nitrogens is 8.